The predicted octanol–water partition coefficient (Wildman–Crippen LogP) is 6.92. The van der Waals surface area contributed by atoms with E-state index in [-0.39, 0.29) is 5.54 Å². The van der Waals surface area contributed by atoms with E-state index in [2.05, 4.69) is 169 Å². The second-order valence-corrected chi connectivity index (χ2v) is 57.1. The number of hydrogen-bond acceptors (Lipinski definition) is 13. The predicted molar refractivity (Wildman–Crippen MR) is 270 cm³/mol. The van der Waals surface area contributed by atoms with Gasteiger partial charge in [-0.05, 0) is 163 Å². The van der Waals surface area contributed by atoms with Crippen LogP contribution >= 0.6 is 0 Å². The zero-order valence-electron chi connectivity index (χ0n) is 42.5. The van der Waals surface area contributed by atoms with Gasteiger partial charge in [0.1, 0.15) is 12.6 Å². The number of β-amino-alcohol motifs (C(OH)–C–C–N with tert-alkyl or cyclic N) is 1. The Labute approximate surface area is 373 Å². The van der Waals surface area contributed by atoms with Gasteiger partial charge < -0.3 is 64.2 Å². The molecule has 0 radical (unpaired) electrons. The average Bonchev–Trinajstić information content (AvgIpc) is 2.90. The molecule has 0 aliphatic rings. The summed E-state index contributed by atoms with van der Waals surface area (Å²) in [6.45, 7) is 49.1. The fraction of sp³-hybridized carbons (Fsp3) is 0.944. The van der Waals surface area contributed by atoms with Crippen molar-refractivity contribution in [3.63, 3.8) is 0 Å². The summed E-state index contributed by atoms with van der Waals surface area (Å²) >= 11 is 0. The van der Waals surface area contributed by atoms with Crippen LogP contribution in [-0.2, 0) is 32.9 Å². The van der Waals surface area contributed by atoms with Crippen LogP contribution in [0.2, 0.25) is 130 Å². The molecule has 0 aliphatic heterocycles. The van der Waals surface area contributed by atoms with Crippen LogP contribution in [0, 0.1) is 0 Å². The Hall–Kier alpha value is 0.972. The summed E-state index contributed by atoms with van der Waals surface area (Å²) in [6.07, 6.45) is 1.22. The number of likely N-dealkylation sites (N-methyl/N-ethyl adjacent to an activating group) is 1. The maximum Gasteiger partial charge on any atom is 0.318 e. The molecule has 0 amide bonds. The minimum Gasteiger partial charge on any atom is -0.437 e. The Kier molecular flexibility index (Phi) is 23.3. The normalized spacial score (nSPS) is 17.5. The van der Waals surface area contributed by atoms with Crippen molar-refractivity contribution in [2.75, 3.05) is 60.4 Å². The van der Waals surface area contributed by atoms with Crippen molar-refractivity contribution in [1.82, 2.24) is 16.0 Å². The van der Waals surface area contributed by atoms with Crippen LogP contribution in [0.15, 0.2) is 11.8 Å². The molecule has 59 heavy (non-hydrogen) atoms. The number of rotatable bonds is 31. The molecular weight excluding hydrogens is 899 g/mol. The van der Waals surface area contributed by atoms with Gasteiger partial charge in [-0.2, -0.15) is 0 Å². The first-order valence-corrected chi connectivity index (χ1v) is 47.5. The lowest BCUT2D eigenvalue weighted by Crippen LogP contribution is -2.63. The molecular formula is C36H96N5O9Si9+. The van der Waals surface area contributed by atoms with Crippen LogP contribution in [0.4, 0.5) is 0 Å². The summed E-state index contributed by atoms with van der Waals surface area (Å²) in [5, 5.41) is 21.3. The van der Waals surface area contributed by atoms with Crippen molar-refractivity contribution < 1.29 is 42.5 Å². The third-order valence-corrected chi connectivity index (χ3v) is 42.1. The molecule has 3 unspecified atom stereocenters. The van der Waals surface area contributed by atoms with Gasteiger partial charge in [-0.1, -0.05) is 0 Å². The van der Waals surface area contributed by atoms with Crippen LogP contribution < -0.4 is 21.7 Å². The summed E-state index contributed by atoms with van der Waals surface area (Å²) < 4.78 is 56.5. The number of quaternary nitrogens is 1. The van der Waals surface area contributed by atoms with Gasteiger partial charge >= 0.3 is 59.9 Å². The first-order valence-electron chi connectivity index (χ1n) is 21.6. The highest BCUT2D eigenvalue weighted by Crippen LogP contribution is 2.32. The Morgan fingerprint density at radius 1 is 0.593 bits per heavy atom. The van der Waals surface area contributed by atoms with Crippen molar-refractivity contribution in [3.05, 3.63) is 11.8 Å². The summed E-state index contributed by atoms with van der Waals surface area (Å²) in [5.74, 6) is 0. The van der Waals surface area contributed by atoms with Gasteiger partial charge in [-0.3, -0.25) is 0 Å². The van der Waals surface area contributed by atoms with Crippen LogP contribution in [0.25, 0.3) is 0 Å². The Morgan fingerprint density at radius 3 is 1.27 bits per heavy atom. The van der Waals surface area contributed by atoms with Crippen molar-refractivity contribution in [3.8, 4) is 0 Å². The highest BCUT2D eigenvalue weighted by atomic mass is 28.5. The first-order chi connectivity index (χ1) is 25.9. The molecule has 14 nitrogen and oxygen atoms in total. The van der Waals surface area contributed by atoms with Crippen LogP contribution in [0.5, 0.6) is 0 Å². The largest absolute Gasteiger partial charge is 0.437 e. The van der Waals surface area contributed by atoms with Gasteiger partial charge in [0.25, 0.3) is 0 Å². The van der Waals surface area contributed by atoms with Gasteiger partial charge in [-0.15, -0.1) is 0 Å². The molecule has 0 aromatic rings. The molecule has 3 atom stereocenters. The lowest BCUT2D eigenvalue weighted by Gasteiger charge is -2.45. The highest BCUT2D eigenvalue weighted by Gasteiger charge is 2.51. The number of nitrogens with zero attached hydrogens (tertiary/aromatic N) is 1. The zero-order valence-corrected chi connectivity index (χ0v) is 51.5. The quantitative estimate of drug-likeness (QED) is 0.0278. The van der Waals surface area contributed by atoms with Crippen LogP contribution in [-0.4, -0.2) is 158 Å². The number of nitrogens with two attached hydrogens (primary N) is 1. The van der Waals surface area contributed by atoms with Crippen molar-refractivity contribution in [1.29, 1.82) is 0 Å². The van der Waals surface area contributed by atoms with E-state index >= 15 is 0 Å². The van der Waals surface area contributed by atoms with Gasteiger partial charge in [-0.25, -0.2) is 0 Å². The van der Waals surface area contributed by atoms with E-state index in [9.17, 15) is 5.11 Å². The molecule has 6 N–H and O–H groups in total. The molecule has 354 valence electrons. The van der Waals surface area contributed by atoms with Gasteiger partial charge in [0.2, 0.25) is 0 Å². The minimum absolute atomic E-state index is 0.218. The Bertz CT molecular complexity index is 1300. The number of aliphatic hydroxyl groups excluding tert-OH is 1. The second kappa shape index (κ2) is 22.9. The number of hydrogen-bond donors (Lipinski definition) is 5. The fourth-order valence-electron chi connectivity index (χ4n) is 7.62. The topological polar surface area (TPSA) is 156 Å². The highest BCUT2D eigenvalue weighted by molar-refractivity contribution is 6.93. The maximum absolute atomic E-state index is 10.6. The van der Waals surface area contributed by atoms with Crippen molar-refractivity contribution in [2.24, 2.45) is 5.73 Å². The first kappa shape index (κ1) is 60.0. The van der Waals surface area contributed by atoms with Crippen molar-refractivity contribution >= 4 is 76.6 Å². The fourth-order valence-corrected chi connectivity index (χ4v) is 52.2. The van der Waals surface area contributed by atoms with E-state index in [1.165, 1.54) is 0 Å². The van der Waals surface area contributed by atoms with Gasteiger partial charge in [0.15, 0.2) is 16.6 Å². The third-order valence-electron chi connectivity index (χ3n) is 8.28. The smallest absolute Gasteiger partial charge is 0.318 e. The molecule has 0 aromatic carbocycles. The Morgan fingerprint density at radius 2 is 0.932 bits per heavy atom. The molecule has 0 saturated carbocycles. The number of aliphatic hydroxyl groups is 1. The monoisotopic (exact) mass is 995 g/mol. The summed E-state index contributed by atoms with van der Waals surface area (Å²) in [7, 11) is -16.7. The molecule has 0 aromatic heterocycles. The molecule has 0 fully saturated rings. The zero-order chi connectivity index (χ0) is 46.8. The third kappa shape index (κ3) is 30.7. The minimum atomic E-state index is -2.87. The molecule has 0 aliphatic carbocycles. The lowest BCUT2D eigenvalue weighted by atomic mass is 10.1. The van der Waals surface area contributed by atoms with E-state index in [1.54, 1.807) is 6.20 Å². The number of nitrogens with one attached hydrogen (secondary N) is 3. The lowest BCUT2D eigenvalue weighted by molar-refractivity contribution is -0.873. The maximum atomic E-state index is 10.6. The Balaban J connectivity index is 6.17. The van der Waals surface area contributed by atoms with E-state index in [0.29, 0.717) is 30.7 Å². The summed E-state index contributed by atoms with van der Waals surface area (Å²) in [4.78, 5) is 0. The van der Waals surface area contributed by atoms with Crippen LogP contribution in [0.3, 0.4) is 0 Å². The molecule has 23 heteroatoms. The molecule has 0 spiro atoms. The average molecular weight is 996 g/mol. The molecule has 0 heterocycles. The SMILES string of the molecule is CC(=CN)CNCC[Si](C)(O[Si](C)(C)O[Si](C)(C)C)O[Si](C)(C)O[Si](C)(C)O[Si](C)(C)O[Si](C)(CCNCC(C)(C)NCC(O)C[N+](C)(C)C)O[Si](C)(C)O[Si](C)(C)C. The van der Waals surface area contributed by atoms with E-state index in [0.717, 1.165) is 30.8 Å². The van der Waals surface area contributed by atoms with Gasteiger partial charge in [0, 0.05) is 37.3 Å². The standard InChI is InChI=1S/C36H96N5O9Si9/c1-34(29-37)30-38-25-27-58(23,47-53(13,14)43-51(7,8)9)49-56(19,20)45-55(17,18)46-57(21,22)50-59(24,48-54(15,16)44-52(10,11)12)28-26-39-33-36(2,3)40-31-35(42)32-41(4,5)6/h29,35,38-40,42H,25-28,30-33,37H2,1-24H3/q+1. The van der Waals surface area contributed by atoms with Crippen molar-refractivity contribution in [2.45, 2.75) is 162 Å². The van der Waals surface area contributed by atoms with E-state index < -0.39 is 82.7 Å². The van der Waals surface area contributed by atoms with E-state index in [4.69, 9.17) is 38.7 Å². The summed E-state index contributed by atoms with van der Waals surface area (Å²) in [5.41, 5.74) is 6.59. The molecule has 0 bridgehead atoms. The summed E-state index contributed by atoms with van der Waals surface area (Å²) in [6, 6.07) is 1.46. The molecule has 0 rings (SSSR count). The van der Waals surface area contributed by atoms with Crippen LogP contribution in [0.1, 0.15) is 20.8 Å². The molecule has 0 saturated heterocycles. The second-order valence-electron chi connectivity index (χ2n) is 22.6. The van der Waals surface area contributed by atoms with Gasteiger partial charge in [0.05, 0.1) is 21.1 Å². The van der Waals surface area contributed by atoms with E-state index in [1.807, 2.05) is 6.92 Å².